The quantitative estimate of drug-likeness (QED) is 0.378. The normalized spacial score (nSPS) is 13.8. The van der Waals surface area contributed by atoms with Gasteiger partial charge in [0, 0.05) is 0 Å². The molecule has 0 aliphatic carbocycles. The van der Waals surface area contributed by atoms with Gasteiger partial charge in [0.25, 0.3) is 11.8 Å². The monoisotopic (exact) mass is 387 g/mol. The number of esters is 1. The molecule has 1 unspecified atom stereocenters. The largest absolute Gasteiger partial charge is 0.479 e. The molecule has 6 heteroatoms. The Balaban J connectivity index is 1.44. The van der Waals surface area contributed by atoms with Crippen molar-refractivity contribution in [2.45, 2.75) is 13.0 Å². The molecular formula is C23H17NO5. The van der Waals surface area contributed by atoms with Crippen LogP contribution in [-0.2, 0) is 4.79 Å². The Morgan fingerprint density at radius 3 is 1.90 bits per heavy atom. The summed E-state index contributed by atoms with van der Waals surface area (Å²) in [5, 5.41) is 0. The van der Waals surface area contributed by atoms with E-state index in [1.165, 1.54) is 12.1 Å². The standard InChI is InChI=1S/C23H17NO5/c1-15(28-17-7-3-2-4-8-17)23(27)29-18-13-11-16(12-14-18)24-21(25)19-9-5-6-10-20(19)22(24)26/h2-15H,1H3. The van der Waals surface area contributed by atoms with Crippen LogP contribution in [0.15, 0.2) is 78.9 Å². The fourth-order valence-electron chi connectivity index (χ4n) is 3.04. The van der Waals surface area contributed by atoms with Crippen LogP contribution in [0.25, 0.3) is 0 Å². The van der Waals surface area contributed by atoms with Gasteiger partial charge < -0.3 is 9.47 Å². The first-order valence-corrected chi connectivity index (χ1v) is 9.06. The van der Waals surface area contributed by atoms with E-state index in [-0.39, 0.29) is 11.8 Å². The molecule has 3 aromatic carbocycles. The van der Waals surface area contributed by atoms with Crippen LogP contribution in [0.1, 0.15) is 27.6 Å². The third-order valence-corrected chi connectivity index (χ3v) is 4.50. The molecule has 0 spiro atoms. The van der Waals surface area contributed by atoms with Crippen LogP contribution >= 0.6 is 0 Å². The van der Waals surface area contributed by atoms with Crippen molar-refractivity contribution in [1.82, 2.24) is 0 Å². The van der Waals surface area contributed by atoms with Crippen molar-refractivity contribution in [2.75, 3.05) is 4.90 Å². The maximum Gasteiger partial charge on any atom is 0.352 e. The van der Waals surface area contributed by atoms with Gasteiger partial charge in [0.05, 0.1) is 16.8 Å². The molecule has 0 aromatic heterocycles. The molecule has 4 rings (SSSR count). The molecule has 144 valence electrons. The number of carbonyl (C=O) groups excluding carboxylic acids is 3. The lowest BCUT2D eigenvalue weighted by molar-refractivity contribution is -0.141. The van der Waals surface area contributed by atoms with Crippen molar-refractivity contribution in [3.63, 3.8) is 0 Å². The maximum atomic E-state index is 12.5. The SMILES string of the molecule is CC(Oc1ccccc1)C(=O)Oc1ccc(N2C(=O)c3ccccc3C2=O)cc1. The molecule has 0 saturated carbocycles. The summed E-state index contributed by atoms with van der Waals surface area (Å²) in [5.74, 6) is -0.445. The van der Waals surface area contributed by atoms with Gasteiger partial charge in [-0.25, -0.2) is 9.69 Å². The van der Waals surface area contributed by atoms with Gasteiger partial charge in [-0.05, 0) is 55.5 Å². The average Bonchev–Trinajstić information content (AvgIpc) is 3.00. The molecular weight excluding hydrogens is 370 g/mol. The van der Waals surface area contributed by atoms with Crippen LogP contribution in [0, 0.1) is 0 Å². The predicted molar refractivity (Wildman–Crippen MR) is 106 cm³/mol. The van der Waals surface area contributed by atoms with E-state index < -0.39 is 12.1 Å². The van der Waals surface area contributed by atoms with Crippen molar-refractivity contribution >= 4 is 23.5 Å². The highest BCUT2D eigenvalue weighted by Gasteiger charge is 2.36. The van der Waals surface area contributed by atoms with Gasteiger partial charge in [-0.2, -0.15) is 0 Å². The summed E-state index contributed by atoms with van der Waals surface area (Å²) >= 11 is 0. The number of amides is 2. The Morgan fingerprint density at radius 2 is 1.31 bits per heavy atom. The second-order valence-electron chi connectivity index (χ2n) is 6.48. The zero-order valence-electron chi connectivity index (χ0n) is 15.6. The number of rotatable bonds is 5. The van der Waals surface area contributed by atoms with Gasteiger partial charge >= 0.3 is 5.97 Å². The van der Waals surface area contributed by atoms with Crippen molar-refractivity contribution in [3.8, 4) is 11.5 Å². The molecule has 6 nitrogen and oxygen atoms in total. The van der Waals surface area contributed by atoms with Crippen LogP contribution in [0.5, 0.6) is 11.5 Å². The highest BCUT2D eigenvalue weighted by atomic mass is 16.6. The summed E-state index contributed by atoms with van der Waals surface area (Å²) in [4.78, 5) is 38.4. The minimum atomic E-state index is -0.798. The van der Waals surface area contributed by atoms with Crippen molar-refractivity contribution in [1.29, 1.82) is 0 Å². The molecule has 29 heavy (non-hydrogen) atoms. The summed E-state index contributed by atoms with van der Waals surface area (Å²) < 4.78 is 10.9. The number of hydrogen-bond donors (Lipinski definition) is 0. The summed E-state index contributed by atoms with van der Waals surface area (Å²) in [6.07, 6.45) is -0.798. The first-order valence-electron chi connectivity index (χ1n) is 9.06. The Kier molecular flexibility index (Phi) is 4.83. The summed E-state index contributed by atoms with van der Waals surface area (Å²) in [5.41, 5.74) is 1.16. The number of para-hydroxylation sites is 1. The summed E-state index contributed by atoms with van der Waals surface area (Å²) in [6, 6.07) is 21.9. The number of hydrogen-bond acceptors (Lipinski definition) is 5. The van der Waals surface area contributed by atoms with Crippen LogP contribution in [0.4, 0.5) is 5.69 Å². The van der Waals surface area contributed by atoms with E-state index in [0.29, 0.717) is 28.3 Å². The van der Waals surface area contributed by atoms with Gasteiger partial charge in [0.1, 0.15) is 11.5 Å². The Labute approximate surface area is 167 Å². The van der Waals surface area contributed by atoms with Gasteiger partial charge in [-0.3, -0.25) is 9.59 Å². The fraction of sp³-hybridized carbons (Fsp3) is 0.0870. The molecule has 1 atom stereocenters. The molecule has 0 saturated heterocycles. The summed E-state index contributed by atoms with van der Waals surface area (Å²) in [7, 11) is 0. The third-order valence-electron chi connectivity index (χ3n) is 4.50. The van der Waals surface area contributed by atoms with E-state index in [1.54, 1.807) is 55.5 Å². The molecule has 1 heterocycles. The molecule has 2 amide bonds. The number of imide groups is 1. The van der Waals surface area contributed by atoms with E-state index in [2.05, 4.69) is 0 Å². The van der Waals surface area contributed by atoms with Gasteiger partial charge in [-0.15, -0.1) is 0 Å². The second kappa shape index (κ2) is 7.59. The first kappa shape index (κ1) is 18.4. The van der Waals surface area contributed by atoms with E-state index >= 15 is 0 Å². The molecule has 1 aliphatic rings. The third kappa shape index (κ3) is 3.60. The highest BCUT2D eigenvalue weighted by molar-refractivity contribution is 6.34. The zero-order chi connectivity index (χ0) is 20.4. The topological polar surface area (TPSA) is 72.9 Å². The predicted octanol–water partition coefficient (Wildman–Crippen LogP) is 3.86. The lowest BCUT2D eigenvalue weighted by atomic mass is 10.1. The van der Waals surface area contributed by atoms with Crippen molar-refractivity contribution in [2.24, 2.45) is 0 Å². The zero-order valence-corrected chi connectivity index (χ0v) is 15.6. The smallest absolute Gasteiger partial charge is 0.352 e. The number of benzene rings is 3. The lowest BCUT2D eigenvalue weighted by Gasteiger charge is -2.16. The van der Waals surface area contributed by atoms with E-state index in [9.17, 15) is 14.4 Å². The van der Waals surface area contributed by atoms with Crippen LogP contribution < -0.4 is 14.4 Å². The van der Waals surface area contributed by atoms with Crippen LogP contribution in [0.3, 0.4) is 0 Å². The molecule has 0 bridgehead atoms. The number of fused-ring (bicyclic) bond motifs is 1. The molecule has 0 N–H and O–H groups in total. The second-order valence-corrected chi connectivity index (χ2v) is 6.48. The number of carbonyl (C=O) groups is 3. The fourth-order valence-corrected chi connectivity index (χ4v) is 3.04. The van der Waals surface area contributed by atoms with Crippen molar-refractivity contribution < 1.29 is 23.9 Å². The van der Waals surface area contributed by atoms with Crippen LogP contribution in [0.2, 0.25) is 0 Å². The molecule has 0 radical (unpaired) electrons. The minimum absolute atomic E-state index is 0.291. The summed E-state index contributed by atoms with van der Waals surface area (Å²) in [6.45, 7) is 1.60. The van der Waals surface area contributed by atoms with E-state index in [1.807, 2.05) is 18.2 Å². The Morgan fingerprint density at radius 1 is 0.759 bits per heavy atom. The molecule has 1 aliphatic heterocycles. The van der Waals surface area contributed by atoms with Crippen LogP contribution in [-0.4, -0.2) is 23.9 Å². The van der Waals surface area contributed by atoms with Gasteiger partial charge in [0.15, 0.2) is 6.10 Å². The average molecular weight is 387 g/mol. The van der Waals surface area contributed by atoms with Gasteiger partial charge in [0.2, 0.25) is 0 Å². The maximum absolute atomic E-state index is 12.5. The minimum Gasteiger partial charge on any atom is -0.479 e. The number of nitrogens with zero attached hydrogens (tertiary/aromatic N) is 1. The van der Waals surface area contributed by atoms with E-state index in [4.69, 9.17) is 9.47 Å². The highest BCUT2D eigenvalue weighted by Crippen LogP contribution is 2.29. The number of anilines is 1. The van der Waals surface area contributed by atoms with Crippen molar-refractivity contribution in [3.05, 3.63) is 90.0 Å². The number of ether oxygens (including phenoxy) is 2. The Bertz CT molecular complexity index is 1040. The van der Waals surface area contributed by atoms with Gasteiger partial charge in [-0.1, -0.05) is 30.3 Å². The molecule has 3 aromatic rings. The molecule has 0 fully saturated rings. The lowest BCUT2D eigenvalue weighted by Crippen LogP contribution is -2.29. The Hall–Kier alpha value is -3.93. The van der Waals surface area contributed by atoms with E-state index in [0.717, 1.165) is 4.90 Å². The first-order chi connectivity index (χ1) is 14.0.